The van der Waals surface area contributed by atoms with E-state index in [1.165, 1.54) is 0 Å². The van der Waals surface area contributed by atoms with E-state index in [1.807, 2.05) is 32.0 Å². The Morgan fingerprint density at radius 3 is 2.25 bits per heavy atom. The molecule has 3 heteroatoms. The average molecular weight is 170 g/mol. The third kappa shape index (κ3) is 4.33. The van der Waals surface area contributed by atoms with Crippen LogP contribution in [0.3, 0.4) is 0 Å². The Morgan fingerprint density at radius 2 is 1.83 bits per heavy atom. The molecule has 1 aromatic rings. The molecule has 1 aromatic carbocycles. The number of anilines is 1. The number of amides is 2. The summed E-state index contributed by atoms with van der Waals surface area (Å²) < 4.78 is 0. The van der Waals surface area contributed by atoms with Gasteiger partial charge < -0.3 is 11.1 Å². The van der Waals surface area contributed by atoms with E-state index in [9.17, 15) is 4.79 Å². The SMILES string of the molecule is CC.NC(=O)Nc1ccccc1.[HH].[HH]. The third-order valence-electron chi connectivity index (χ3n) is 1.04. The Bertz CT molecular complexity index is 230. The van der Waals surface area contributed by atoms with Crippen LogP contribution in [-0.4, -0.2) is 6.03 Å². The number of primary amides is 1. The summed E-state index contributed by atoms with van der Waals surface area (Å²) in [6.07, 6.45) is 0. The first-order valence-corrected chi connectivity index (χ1v) is 3.90. The highest BCUT2D eigenvalue weighted by Crippen LogP contribution is 2.03. The van der Waals surface area contributed by atoms with Crippen LogP contribution in [0.25, 0.3) is 0 Å². The highest BCUT2D eigenvalue weighted by molar-refractivity contribution is 5.87. The second kappa shape index (κ2) is 6.22. The lowest BCUT2D eigenvalue weighted by atomic mass is 10.3. The van der Waals surface area contributed by atoms with Gasteiger partial charge in [-0.05, 0) is 12.1 Å². The second-order valence-electron chi connectivity index (χ2n) is 1.86. The van der Waals surface area contributed by atoms with Gasteiger partial charge in [0.2, 0.25) is 0 Å². The third-order valence-corrected chi connectivity index (χ3v) is 1.04. The highest BCUT2D eigenvalue weighted by atomic mass is 16.2. The van der Waals surface area contributed by atoms with E-state index in [-0.39, 0.29) is 2.85 Å². The van der Waals surface area contributed by atoms with Crippen LogP contribution in [-0.2, 0) is 0 Å². The van der Waals surface area contributed by atoms with Crippen molar-refractivity contribution in [2.45, 2.75) is 13.8 Å². The van der Waals surface area contributed by atoms with E-state index >= 15 is 0 Å². The number of urea groups is 1. The molecule has 2 amide bonds. The maximum Gasteiger partial charge on any atom is 0.316 e. The molecule has 0 aliphatic carbocycles. The molecule has 0 fully saturated rings. The Balaban J connectivity index is -0.000000284. The molecule has 0 bridgehead atoms. The van der Waals surface area contributed by atoms with Crippen LogP contribution in [0.2, 0.25) is 0 Å². The zero-order valence-corrected chi connectivity index (χ0v) is 7.37. The van der Waals surface area contributed by atoms with Crippen LogP contribution in [0, 0.1) is 0 Å². The van der Waals surface area contributed by atoms with Crippen molar-refractivity contribution in [2.24, 2.45) is 5.73 Å². The Labute approximate surface area is 75.6 Å². The topological polar surface area (TPSA) is 55.1 Å². The summed E-state index contributed by atoms with van der Waals surface area (Å²) in [7, 11) is 0. The molecule has 12 heavy (non-hydrogen) atoms. The fraction of sp³-hybridized carbons (Fsp3) is 0.222. The van der Waals surface area contributed by atoms with E-state index in [4.69, 9.17) is 5.73 Å². The number of benzene rings is 1. The minimum absolute atomic E-state index is 0. The predicted octanol–water partition coefficient (Wildman–Crippen LogP) is 2.70. The van der Waals surface area contributed by atoms with Gasteiger partial charge >= 0.3 is 6.03 Å². The zero-order valence-electron chi connectivity index (χ0n) is 7.37. The molecule has 70 valence electrons. The first-order valence-electron chi connectivity index (χ1n) is 3.90. The van der Waals surface area contributed by atoms with Gasteiger partial charge in [-0.1, -0.05) is 32.0 Å². The van der Waals surface area contributed by atoms with Crippen molar-refractivity contribution in [3.63, 3.8) is 0 Å². The molecule has 1 rings (SSSR count). The van der Waals surface area contributed by atoms with Gasteiger partial charge in [0.1, 0.15) is 0 Å². The number of carbonyl (C=O) groups is 1. The fourth-order valence-electron chi connectivity index (χ4n) is 0.664. The number of hydrogen-bond donors (Lipinski definition) is 2. The van der Waals surface area contributed by atoms with Gasteiger partial charge in [-0.15, -0.1) is 0 Å². The molecule has 0 unspecified atom stereocenters. The van der Waals surface area contributed by atoms with E-state index in [0.717, 1.165) is 5.69 Å². The highest BCUT2D eigenvalue weighted by Gasteiger charge is 1.90. The number of rotatable bonds is 1. The average Bonchev–Trinajstić information content (AvgIpc) is 2.08. The molecular weight excluding hydrogens is 152 g/mol. The van der Waals surface area contributed by atoms with E-state index in [2.05, 4.69) is 5.32 Å². The van der Waals surface area contributed by atoms with Crippen LogP contribution in [0.4, 0.5) is 10.5 Å². The van der Waals surface area contributed by atoms with Crippen molar-refractivity contribution in [3.8, 4) is 0 Å². The lowest BCUT2D eigenvalue weighted by molar-refractivity contribution is 0.259. The predicted molar refractivity (Wildman–Crippen MR) is 55.2 cm³/mol. The van der Waals surface area contributed by atoms with Gasteiger partial charge in [0.15, 0.2) is 0 Å². The van der Waals surface area contributed by atoms with Crippen molar-refractivity contribution < 1.29 is 7.65 Å². The van der Waals surface area contributed by atoms with Crippen LogP contribution >= 0.6 is 0 Å². The summed E-state index contributed by atoms with van der Waals surface area (Å²) in [5, 5.41) is 2.44. The van der Waals surface area contributed by atoms with Crippen molar-refractivity contribution in [2.75, 3.05) is 5.32 Å². The molecule has 0 radical (unpaired) electrons. The van der Waals surface area contributed by atoms with Gasteiger partial charge in [-0.25, -0.2) is 4.79 Å². The van der Waals surface area contributed by atoms with Crippen LogP contribution in [0.5, 0.6) is 0 Å². The first-order chi connectivity index (χ1) is 5.79. The minimum atomic E-state index is -0.536. The lowest BCUT2D eigenvalue weighted by Crippen LogP contribution is -2.18. The Morgan fingerprint density at radius 1 is 1.33 bits per heavy atom. The van der Waals surface area contributed by atoms with Gasteiger partial charge in [0.25, 0.3) is 0 Å². The second-order valence-corrected chi connectivity index (χ2v) is 1.86. The number of nitrogens with two attached hydrogens (primary N) is 1. The first kappa shape index (κ1) is 10.5. The molecule has 3 nitrogen and oxygen atoms in total. The molecule has 0 aliphatic heterocycles. The zero-order chi connectivity index (χ0) is 9.40. The largest absolute Gasteiger partial charge is 0.351 e. The van der Waals surface area contributed by atoms with Crippen molar-refractivity contribution in [1.29, 1.82) is 0 Å². The van der Waals surface area contributed by atoms with E-state index < -0.39 is 6.03 Å². The normalized spacial score (nSPS) is 7.83. The summed E-state index contributed by atoms with van der Waals surface area (Å²) in [5.74, 6) is 0. The standard InChI is InChI=1S/C7H8N2O.C2H6.2H2/c8-7(10)9-6-4-2-1-3-5-6;1-2;;/h1-5H,(H3,8,9,10);1-2H3;2*1H. The van der Waals surface area contributed by atoms with Crippen LogP contribution < -0.4 is 11.1 Å². The van der Waals surface area contributed by atoms with Gasteiger partial charge in [0, 0.05) is 8.54 Å². The molecule has 0 saturated carbocycles. The number of nitrogens with one attached hydrogen (secondary N) is 1. The summed E-state index contributed by atoms with van der Waals surface area (Å²) in [6, 6.07) is 8.52. The monoisotopic (exact) mass is 170 g/mol. The van der Waals surface area contributed by atoms with Crippen molar-refractivity contribution in [1.82, 2.24) is 0 Å². The van der Waals surface area contributed by atoms with E-state index in [0.29, 0.717) is 0 Å². The Kier molecular flexibility index (Phi) is 5.43. The summed E-state index contributed by atoms with van der Waals surface area (Å²) >= 11 is 0. The number of hydrogen-bond acceptors (Lipinski definition) is 1. The van der Waals surface area contributed by atoms with E-state index in [1.54, 1.807) is 12.1 Å². The molecule has 3 N–H and O–H groups in total. The summed E-state index contributed by atoms with van der Waals surface area (Å²) in [4.78, 5) is 10.3. The molecule has 0 aromatic heterocycles. The number of para-hydroxylation sites is 1. The molecule has 0 spiro atoms. The van der Waals surface area contributed by atoms with Crippen molar-refractivity contribution >= 4 is 11.7 Å². The van der Waals surface area contributed by atoms with Gasteiger partial charge in [-0.2, -0.15) is 0 Å². The number of carbonyl (C=O) groups excluding carboxylic acids is 1. The van der Waals surface area contributed by atoms with Crippen LogP contribution in [0.1, 0.15) is 16.7 Å². The summed E-state index contributed by atoms with van der Waals surface area (Å²) in [6.45, 7) is 4.00. The van der Waals surface area contributed by atoms with Gasteiger partial charge in [0.05, 0.1) is 0 Å². The molecule has 0 aliphatic rings. The fourth-order valence-corrected chi connectivity index (χ4v) is 0.664. The quantitative estimate of drug-likeness (QED) is 0.669. The smallest absolute Gasteiger partial charge is 0.316 e. The van der Waals surface area contributed by atoms with Crippen molar-refractivity contribution in [3.05, 3.63) is 30.3 Å². The maximum absolute atomic E-state index is 10.3. The van der Waals surface area contributed by atoms with Gasteiger partial charge in [-0.3, -0.25) is 0 Å². The molecule has 0 heterocycles. The minimum Gasteiger partial charge on any atom is -0.351 e. The molecular formula is C9H18N2O. The molecule has 0 atom stereocenters. The maximum atomic E-state index is 10.3. The molecule has 0 saturated heterocycles. The lowest BCUT2D eigenvalue weighted by Gasteiger charge is -1.97. The Hall–Kier alpha value is -1.51. The summed E-state index contributed by atoms with van der Waals surface area (Å²) in [5.41, 5.74) is 5.59. The van der Waals surface area contributed by atoms with Crippen LogP contribution in [0.15, 0.2) is 30.3 Å².